The summed E-state index contributed by atoms with van der Waals surface area (Å²) in [6.45, 7) is 1.91. The summed E-state index contributed by atoms with van der Waals surface area (Å²) in [4.78, 5) is 13.1. The molecule has 6 heteroatoms. The van der Waals surface area contributed by atoms with Crippen molar-refractivity contribution in [2.45, 2.75) is 17.1 Å². The first kappa shape index (κ1) is 13.5. The highest BCUT2D eigenvalue weighted by Gasteiger charge is 2.12. The fourth-order valence-electron chi connectivity index (χ4n) is 1.93. The number of nitrogens with one attached hydrogen (secondary N) is 1. The van der Waals surface area contributed by atoms with Crippen molar-refractivity contribution < 1.29 is 0 Å². The van der Waals surface area contributed by atoms with Crippen molar-refractivity contribution in [3.05, 3.63) is 53.9 Å². The lowest BCUT2D eigenvalue weighted by Crippen LogP contribution is -2.13. The number of hydrogen-bond acceptors (Lipinski definition) is 5. The quantitative estimate of drug-likeness (QED) is 0.440. The van der Waals surface area contributed by atoms with Gasteiger partial charge in [-0.05, 0) is 36.9 Å². The third-order valence-electron chi connectivity index (χ3n) is 2.94. The minimum atomic E-state index is -0.0107. The lowest BCUT2D eigenvalue weighted by atomic mass is 10.1. The maximum Gasteiger partial charge on any atom is 0.194 e. The van der Waals surface area contributed by atoms with Crippen LogP contribution in [0.2, 0.25) is 0 Å². The van der Waals surface area contributed by atoms with Crippen molar-refractivity contribution in [2.24, 2.45) is 5.73 Å². The summed E-state index contributed by atoms with van der Waals surface area (Å²) in [6, 6.07) is 11.5. The number of rotatable bonds is 3. The Labute approximate surface area is 126 Å². The largest absolute Gasteiger partial charge is 0.384 e. The molecular weight excluding hydrogens is 282 g/mol. The molecule has 1 aromatic carbocycles. The van der Waals surface area contributed by atoms with Gasteiger partial charge < -0.3 is 5.73 Å². The number of nitrogens with zero attached hydrogens (tertiary/aromatic N) is 3. The predicted molar refractivity (Wildman–Crippen MR) is 83.7 cm³/mol. The number of amidine groups is 1. The molecular formula is C15H13N5S. The second-order valence-electron chi connectivity index (χ2n) is 4.53. The topological polar surface area (TPSA) is 88.5 Å². The molecule has 0 spiro atoms. The van der Waals surface area contributed by atoms with E-state index in [0.717, 1.165) is 16.6 Å². The number of nitrogens with two attached hydrogens (primary N) is 1. The Balaban J connectivity index is 2.11. The molecule has 3 aromatic rings. The molecule has 0 unspecified atom stereocenters. The van der Waals surface area contributed by atoms with E-state index in [-0.39, 0.29) is 5.84 Å². The number of pyridine rings is 1. The molecule has 0 saturated carbocycles. The van der Waals surface area contributed by atoms with Crippen LogP contribution in [0.5, 0.6) is 0 Å². The Morgan fingerprint density at radius 2 is 2.00 bits per heavy atom. The van der Waals surface area contributed by atoms with Gasteiger partial charge in [-0.2, -0.15) is 0 Å². The van der Waals surface area contributed by atoms with Gasteiger partial charge in [-0.15, -0.1) is 0 Å². The summed E-state index contributed by atoms with van der Waals surface area (Å²) in [5.74, 6) is -0.0107. The Bertz CT molecular complexity index is 831. The SMILES string of the molecule is Cc1ccnc(Sc2nc3ccccc3cc2C(=N)N)n1. The maximum absolute atomic E-state index is 7.74. The van der Waals surface area contributed by atoms with Gasteiger partial charge >= 0.3 is 0 Å². The molecule has 5 nitrogen and oxygen atoms in total. The summed E-state index contributed by atoms with van der Waals surface area (Å²) >= 11 is 1.32. The number of hydrogen-bond donors (Lipinski definition) is 2. The molecule has 0 atom stereocenters. The highest BCUT2D eigenvalue weighted by molar-refractivity contribution is 7.99. The number of aryl methyl sites for hydroxylation is 1. The van der Waals surface area contributed by atoms with Crippen molar-refractivity contribution in [3.63, 3.8) is 0 Å². The highest BCUT2D eigenvalue weighted by atomic mass is 32.2. The van der Waals surface area contributed by atoms with Crippen molar-refractivity contribution in [2.75, 3.05) is 0 Å². The predicted octanol–water partition coefficient (Wildman–Crippen LogP) is 2.77. The van der Waals surface area contributed by atoms with Gasteiger partial charge in [0.2, 0.25) is 0 Å². The van der Waals surface area contributed by atoms with Crippen LogP contribution in [0.4, 0.5) is 0 Å². The smallest absolute Gasteiger partial charge is 0.194 e. The third-order valence-corrected chi connectivity index (χ3v) is 3.82. The molecule has 0 aliphatic rings. The molecule has 2 aromatic heterocycles. The molecule has 3 rings (SSSR count). The van der Waals surface area contributed by atoms with Crippen LogP contribution in [-0.2, 0) is 0 Å². The van der Waals surface area contributed by atoms with Gasteiger partial charge in [0.15, 0.2) is 5.16 Å². The lowest BCUT2D eigenvalue weighted by molar-refractivity contribution is 0.928. The first-order valence-corrected chi connectivity index (χ1v) is 7.17. The second kappa shape index (κ2) is 5.49. The van der Waals surface area contributed by atoms with Crippen LogP contribution in [0.1, 0.15) is 11.3 Å². The molecule has 0 aliphatic carbocycles. The number of para-hydroxylation sites is 1. The van der Waals surface area contributed by atoms with E-state index < -0.39 is 0 Å². The van der Waals surface area contributed by atoms with Crippen molar-refractivity contribution in [3.8, 4) is 0 Å². The van der Waals surface area contributed by atoms with Crippen LogP contribution in [-0.4, -0.2) is 20.8 Å². The second-order valence-corrected chi connectivity index (χ2v) is 5.49. The molecule has 2 heterocycles. The number of benzene rings is 1. The Morgan fingerprint density at radius 1 is 1.19 bits per heavy atom. The van der Waals surface area contributed by atoms with Gasteiger partial charge in [-0.3, -0.25) is 5.41 Å². The molecule has 0 fully saturated rings. The van der Waals surface area contributed by atoms with E-state index in [1.807, 2.05) is 43.3 Å². The monoisotopic (exact) mass is 295 g/mol. The lowest BCUT2D eigenvalue weighted by Gasteiger charge is -2.08. The average Bonchev–Trinajstić information content (AvgIpc) is 2.46. The standard InChI is InChI=1S/C15H13N5S/c1-9-6-7-18-15(19-9)21-14-11(13(16)17)8-10-4-2-3-5-12(10)20-14/h2-8H,1H3,(H3,16,17). The molecule has 104 valence electrons. The van der Waals surface area contributed by atoms with Crippen molar-refractivity contribution in [1.29, 1.82) is 5.41 Å². The summed E-state index contributed by atoms with van der Waals surface area (Å²) < 4.78 is 0. The van der Waals surface area contributed by atoms with Crippen LogP contribution >= 0.6 is 11.8 Å². The fraction of sp³-hybridized carbons (Fsp3) is 0.0667. The zero-order chi connectivity index (χ0) is 14.8. The normalized spacial score (nSPS) is 10.7. The first-order chi connectivity index (χ1) is 10.1. The number of aromatic nitrogens is 3. The van der Waals surface area contributed by atoms with Crippen molar-refractivity contribution in [1.82, 2.24) is 15.0 Å². The van der Waals surface area contributed by atoms with Gasteiger partial charge in [-0.1, -0.05) is 18.2 Å². The summed E-state index contributed by atoms with van der Waals surface area (Å²) in [6.07, 6.45) is 1.71. The van der Waals surface area contributed by atoms with E-state index in [9.17, 15) is 0 Å². The summed E-state index contributed by atoms with van der Waals surface area (Å²) in [7, 11) is 0. The number of nitrogen functional groups attached to an aromatic ring is 1. The highest BCUT2D eigenvalue weighted by Crippen LogP contribution is 2.28. The van der Waals surface area contributed by atoms with E-state index in [1.165, 1.54) is 11.8 Å². The molecule has 3 N–H and O–H groups in total. The van der Waals surface area contributed by atoms with Crippen LogP contribution in [0, 0.1) is 12.3 Å². The van der Waals surface area contributed by atoms with E-state index in [4.69, 9.17) is 11.1 Å². The van der Waals surface area contributed by atoms with Gasteiger partial charge in [0, 0.05) is 22.8 Å². The van der Waals surface area contributed by atoms with E-state index in [0.29, 0.717) is 15.7 Å². The molecule has 0 saturated heterocycles. The zero-order valence-electron chi connectivity index (χ0n) is 11.4. The van der Waals surface area contributed by atoms with Crippen molar-refractivity contribution >= 4 is 28.5 Å². The van der Waals surface area contributed by atoms with Crippen LogP contribution in [0.15, 0.2) is 52.8 Å². The van der Waals surface area contributed by atoms with Gasteiger partial charge in [0.1, 0.15) is 10.9 Å². The van der Waals surface area contributed by atoms with E-state index in [1.54, 1.807) is 6.20 Å². The number of fused-ring (bicyclic) bond motifs is 1. The van der Waals surface area contributed by atoms with Gasteiger partial charge in [0.25, 0.3) is 0 Å². The van der Waals surface area contributed by atoms with Crippen LogP contribution in [0.25, 0.3) is 10.9 Å². The fourth-order valence-corrected chi connectivity index (χ4v) is 2.83. The van der Waals surface area contributed by atoms with E-state index >= 15 is 0 Å². The van der Waals surface area contributed by atoms with Crippen LogP contribution in [0.3, 0.4) is 0 Å². The Morgan fingerprint density at radius 3 is 2.76 bits per heavy atom. The van der Waals surface area contributed by atoms with Gasteiger partial charge in [-0.25, -0.2) is 15.0 Å². The summed E-state index contributed by atoms with van der Waals surface area (Å²) in [5.41, 5.74) is 8.02. The maximum atomic E-state index is 7.74. The molecule has 0 amide bonds. The third kappa shape index (κ3) is 2.85. The van der Waals surface area contributed by atoms with Crippen LogP contribution < -0.4 is 5.73 Å². The average molecular weight is 295 g/mol. The van der Waals surface area contributed by atoms with Gasteiger partial charge in [0.05, 0.1) is 5.52 Å². The Kier molecular flexibility index (Phi) is 3.53. The first-order valence-electron chi connectivity index (χ1n) is 6.35. The minimum absolute atomic E-state index is 0.0107. The molecule has 21 heavy (non-hydrogen) atoms. The van der Waals surface area contributed by atoms with E-state index in [2.05, 4.69) is 15.0 Å². The zero-order valence-corrected chi connectivity index (χ0v) is 12.2. The minimum Gasteiger partial charge on any atom is -0.384 e. The Hall–Kier alpha value is -2.47. The molecule has 0 aliphatic heterocycles. The molecule has 0 bridgehead atoms. The summed E-state index contributed by atoms with van der Waals surface area (Å²) in [5, 5.41) is 9.94. The molecule has 0 radical (unpaired) electrons.